The molecule has 0 bridgehead atoms. The van der Waals surface area contributed by atoms with E-state index in [4.69, 9.17) is 10.5 Å². The van der Waals surface area contributed by atoms with Crippen LogP contribution in [0.3, 0.4) is 0 Å². The molecule has 1 saturated carbocycles. The molecule has 0 atom stereocenters. The molecule has 4 N–H and O–H groups in total. The van der Waals surface area contributed by atoms with Gasteiger partial charge in [-0.1, -0.05) is 6.92 Å². The quantitative estimate of drug-likeness (QED) is 0.773. The van der Waals surface area contributed by atoms with Crippen LogP contribution in [0.2, 0.25) is 0 Å². The first-order valence-electron chi connectivity index (χ1n) is 9.89. The van der Waals surface area contributed by atoms with Gasteiger partial charge in [-0.15, -0.1) is 0 Å². The summed E-state index contributed by atoms with van der Waals surface area (Å²) in [7, 11) is 0. The number of hydrogen-bond acceptors (Lipinski definition) is 5. The summed E-state index contributed by atoms with van der Waals surface area (Å²) in [6.45, 7) is 9.45. The van der Waals surface area contributed by atoms with Crippen molar-refractivity contribution in [3.8, 4) is 0 Å². The molecule has 1 aliphatic heterocycles. The number of nitrogen functional groups attached to an aromatic ring is 1. The highest BCUT2D eigenvalue weighted by Gasteiger charge is 2.17. The molecule has 5 nitrogen and oxygen atoms in total. The summed E-state index contributed by atoms with van der Waals surface area (Å²) in [4.78, 5) is 4.16. The molecule has 25 heavy (non-hydrogen) atoms. The second-order valence-corrected chi connectivity index (χ2v) is 7.42. The number of nitrogens with one attached hydrogen (secondary N) is 2. The second kappa shape index (κ2) is 10.6. The van der Waals surface area contributed by atoms with Gasteiger partial charge in [0.2, 0.25) is 0 Å². The molecule has 1 aromatic rings. The highest BCUT2D eigenvalue weighted by molar-refractivity contribution is 5.65. The largest absolute Gasteiger partial charge is 0.396 e. The van der Waals surface area contributed by atoms with Gasteiger partial charge in [0.15, 0.2) is 0 Å². The Hall–Kier alpha value is -1.33. The van der Waals surface area contributed by atoms with E-state index in [-0.39, 0.29) is 0 Å². The van der Waals surface area contributed by atoms with Crippen molar-refractivity contribution in [2.75, 3.05) is 30.7 Å². The van der Waals surface area contributed by atoms with Gasteiger partial charge in [0.25, 0.3) is 0 Å². The van der Waals surface area contributed by atoms with Crippen molar-refractivity contribution in [1.29, 1.82) is 0 Å². The molecular weight excluding hydrogens is 312 g/mol. The Labute approximate surface area is 153 Å². The summed E-state index contributed by atoms with van der Waals surface area (Å²) in [5.41, 5.74) is 8.62. The number of ether oxygens (including phenoxy) is 1. The Balaban J connectivity index is 0.000000196. The zero-order chi connectivity index (χ0) is 18.1. The molecule has 1 aromatic heterocycles. The molecule has 3 rings (SSSR count). The van der Waals surface area contributed by atoms with E-state index in [1.54, 1.807) is 6.20 Å². The molecule has 2 aliphatic rings. The fraction of sp³-hybridized carbons (Fsp3) is 0.750. The zero-order valence-corrected chi connectivity index (χ0v) is 16.2. The number of pyridine rings is 1. The van der Waals surface area contributed by atoms with Gasteiger partial charge in [-0.25, -0.2) is 0 Å². The Morgan fingerprint density at radius 2 is 1.88 bits per heavy atom. The fourth-order valence-electron chi connectivity index (χ4n) is 3.51. The second-order valence-electron chi connectivity index (χ2n) is 7.42. The molecule has 5 heteroatoms. The van der Waals surface area contributed by atoms with Crippen LogP contribution >= 0.6 is 0 Å². The zero-order valence-electron chi connectivity index (χ0n) is 16.2. The smallest absolute Gasteiger partial charge is 0.0736 e. The minimum absolute atomic E-state index is 0.537. The van der Waals surface area contributed by atoms with E-state index < -0.39 is 0 Å². The summed E-state index contributed by atoms with van der Waals surface area (Å²) in [6.07, 6.45) is 9.92. The Morgan fingerprint density at radius 3 is 2.52 bits per heavy atom. The third kappa shape index (κ3) is 7.20. The third-order valence-corrected chi connectivity index (χ3v) is 5.14. The van der Waals surface area contributed by atoms with Crippen LogP contribution in [0.1, 0.15) is 58.1 Å². The minimum Gasteiger partial charge on any atom is -0.396 e. The van der Waals surface area contributed by atoms with Gasteiger partial charge in [0.05, 0.1) is 23.7 Å². The number of piperidine rings is 1. The van der Waals surface area contributed by atoms with Gasteiger partial charge in [0, 0.05) is 18.3 Å². The third-order valence-electron chi connectivity index (χ3n) is 5.14. The summed E-state index contributed by atoms with van der Waals surface area (Å²) in [5, 5.41) is 6.83. The minimum atomic E-state index is 0.537. The average Bonchev–Trinajstić information content (AvgIpc) is 2.62. The van der Waals surface area contributed by atoms with Gasteiger partial charge in [-0.05, 0) is 77.4 Å². The van der Waals surface area contributed by atoms with Crippen LogP contribution in [0.25, 0.3) is 0 Å². The molecule has 142 valence electrons. The number of rotatable bonds is 4. The van der Waals surface area contributed by atoms with E-state index in [1.165, 1.54) is 25.7 Å². The number of anilines is 2. The lowest BCUT2D eigenvalue weighted by atomic mass is 9.89. The lowest BCUT2D eigenvalue weighted by Crippen LogP contribution is -2.35. The summed E-state index contributed by atoms with van der Waals surface area (Å²) >= 11 is 0. The highest BCUT2D eigenvalue weighted by atomic mass is 16.5. The van der Waals surface area contributed by atoms with Gasteiger partial charge in [0.1, 0.15) is 0 Å². The van der Waals surface area contributed by atoms with Crippen molar-refractivity contribution < 1.29 is 4.74 Å². The van der Waals surface area contributed by atoms with Crippen molar-refractivity contribution >= 4 is 11.4 Å². The van der Waals surface area contributed by atoms with Crippen LogP contribution in [0.4, 0.5) is 11.4 Å². The molecule has 0 unspecified atom stereocenters. The Kier molecular flexibility index (Phi) is 8.49. The predicted molar refractivity (Wildman–Crippen MR) is 106 cm³/mol. The van der Waals surface area contributed by atoms with Crippen molar-refractivity contribution in [2.24, 2.45) is 5.92 Å². The van der Waals surface area contributed by atoms with Gasteiger partial charge in [-0.2, -0.15) is 0 Å². The maximum absolute atomic E-state index is 5.87. The maximum atomic E-state index is 5.87. The first-order valence-corrected chi connectivity index (χ1v) is 9.89. The molecule has 2 fully saturated rings. The molecular formula is C20H36N4O. The van der Waals surface area contributed by atoms with E-state index in [2.05, 4.69) is 29.5 Å². The fourth-order valence-corrected chi connectivity index (χ4v) is 3.51. The average molecular weight is 349 g/mol. The Morgan fingerprint density at radius 1 is 1.20 bits per heavy atom. The van der Waals surface area contributed by atoms with Crippen LogP contribution in [0.15, 0.2) is 12.3 Å². The maximum Gasteiger partial charge on any atom is 0.0736 e. The lowest BCUT2D eigenvalue weighted by Gasteiger charge is -2.25. The van der Waals surface area contributed by atoms with Crippen LogP contribution in [-0.4, -0.2) is 36.8 Å². The molecule has 0 radical (unpaired) electrons. The molecule has 0 aromatic carbocycles. The highest BCUT2D eigenvalue weighted by Crippen LogP contribution is 2.25. The van der Waals surface area contributed by atoms with Gasteiger partial charge in [-0.3, -0.25) is 4.98 Å². The van der Waals surface area contributed by atoms with E-state index in [9.17, 15) is 0 Å². The number of aryl methyl sites for hydroxylation is 1. The number of aromatic nitrogens is 1. The number of hydrogen-bond donors (Lipinski definition) is 3. The molecule has 0 spiro atoms. The summed E-state index contributed by atoms with van der Waals surface area (Å²) in [5.74, 6) is 0.941. The topological polar surface area (TPSA) is 72.2 Å². The molecule has 0 amide bonds. The standard InChI is InChI=1S/C11H18N4.C9H18O/c1-8-6-11(10(12)7-14-8)15-9-2-4-13-5-3-9;1-3-10-9-6-4-8(2)5-7-9/h6-7,9,13H,2-5,12H2,1H3,(H,14,15);8-9H,3-7H2,1-2H3. The van der Waals surface area contributed by atoms with Crippen LogP contribution in [0, 0.1) is 12.8 Å². The predicted octanol–water partition coefficient (Wildman–Crippen LogP) is 3.74. The van der Waals surface area contributed by atoms with E-state index in [0.717, 1.165) is 55.5 Å². The van der Waals surface area contributed by atoms with E-state index in [1.807, 2.05) is 13.0 Å². The summed E-state index contributed by atoms with van der Waals surface area (Å²) < 4.78 is 5.53. The lowest BCUT2D eigenvalue weighted by molar-refractivity contribution is 0.0276. The van der Waals surface area contributed by atoms with Crippen LogP contribution < -0.4 is 16.4 Å². The van der Waals surface area contributed by atoms with Crippen molar-refractivity contribution in [3.63, 3.8) is 0 Å². The van der Waals surface area contributed by atoms with Gasteiger partial charge >= 0.3 is 0 Å². The van der Waals surface area contributed by atoms with Crippen LogP contribution in [-0.2, 0) is 4.74 Å². The Bertz CT molecular complexity index is 494. The molecule has 1 aliphatic carbocycles. The summed E-state index contributed by atoms with van der Waals surface area (Å²) in [6, 6.07) is 2.55. The molecule has 1 saturated heterocycles. The normalized spacial score (nSPS) is 24.3. The first kappa shape index (κ1) is 20.0. The van der Waals surface area contributed by atoms with Crippen molar-refractivity contribution in [2.45, 2.75) is 71.4 Å². The first-order chi connectivity index (χ1) is 12.1. The van der Waals surface area contributed by atoms with E-state index in [0.29, 0.717) is 12.1 Å². The number of nitrogens with two attached hydrogens (primary N) is 1. The van der Waals surface area contributed by atoms with Gasteiger partial charge < -0.3 is 21.1 Å². The van der Waals surface area contributed by atoms with Crippen LogP contribution in [0.5, 0.6) is 0 Å². The SMILES string of the molecule is CCOC1CCC(C)CC1.Cc1cc(NC2CCNCC2)c(N)cn1. The van der Waals surface area contributed by atoms with E-state index >= 15 is 0 Å². The number of nitrogens with zero attached hydrogens (tertiary/aromatic N) is 1. The monoisotopic (exact) mass is 348 g/mol. The molecule has 2 heterocycles. The van der Waals surface area contributed by atoms with Crippen molar-refractivity contribution in [3.05, 3.63) is 18.0 Å². The van der Waals surface area contributed by atoms with Crippen molar-refractivity contribution in [1.82, 2.24) is 10.3 Å².